The van der Waals surface area contributed by atoms with Crippen LogP contribution in [0.25, 0.3) is 5.69 Å². The molecule has 1 aromatic carbocycles. The van der Waals surface area contributed by atoms with E-state index in [9.17, 15) is 0 Å². The fourth-order valence-electron chi connectivity index (χ4n) is 6.32. The number of hydrogen-bond donors (Lipinski definition) is 1. The second kappa shape index (κ2) is 10.6. The van der Waals surface area contributed by atoms with Crippen molar-refractivity contribution >= 4 is 40.3 Å². The second-order valence-corrected chi connectivity index (χ2v) is 11.7. The molecule has 2 saturated heterocycles. The third kappa shape index (κ3) is 4.90. The molecule has 0 bridgehead atoms. The molecule has 2 fully saturated rings. The monoisotopic (exact) mass is 556 g/mol. The molecular weight excluding hydrogens is 524 g/mol. The van der Waals surface area contributed by atoms with Gasteiger partial charge in [0.2, 0.25) is 0 Å². The molecule has 6 rings (SSSR count). The van der Waals surface area contributed by atoms with Gasteiger partial charge >= 0.3 is 0 Å². The minimum absolute atomic E-state index is 0.148. The van der Waals surface area contributed by atoms with Gasteiger partial charge in [-0.25, -0.2) is 0 Å². The molecule has 8 heteroatoms. The number of aromatic nitrogens is 3. The van der Waals surface area contributed by atoms with Crippen LogP contribution in [0.2, 0.25) is 5.02 Å². The number of piperidine rings is 1. The fourth-order valence-corrected chi connectivity index (χ4v) is 6.96. The van der Waals surface area contributed by atoms with E-state index in [1.807, 2.05) is 30.6 Å². The number of rotatable bonds is 5. The Hall–Kier alpha value is -3.42. The Morgan fingerprint density at radius 3 is 2.46 bits per heavy atom. The third-order valence-corrected chi connectivity index (χ3v) is 8.45. The first-order valence-electron chi connectivity index (χ1n) is 13.5. The predicted octanol–water partition coefficient (Wildman–Crippen LogP) is 6.89. The number of nitrogens with one attached hydrogen (secondary N) is 1. The summed E-state index contributed by atoms with van der Waals surface area (Å²) < 4.78 is 2.25. The summed E-state index contributed by atoms with van der Waals surface area (Å²) in [6.07, 6.45) is 6.78. The molecule has 39 heavy (non-hydrogen) atoms. The average molecular weight is 557 g/mol. The highest BCUT2D eigenvalue weighted by Gasteiger charge is 2.42. The molecule has 0 aliphatic carbocycles. The van der Waals surface area contributed by atoms with Crippen LogP contribution in [0, 0.1) is 18.8 Å². The molecule has 4 atom stereocenters. The summed E-state index contributed by atoms with van der Waals surface area (Å²) in [5.74, 6) is 1.29. The smallest absolute Gasteiger partial charge is 0.174 e. The van der Waals surface area contributed by atoms with Crippen molar-refractivity contribution < 1.29 is 0 Å². The van der Waals surface area contributed by atoms with Gasteiger partial charge in [-0.05, 0) is 92.0 Å². The van der Waals surface area contributed by atoms with E-state index in [2.05, 4.69) is 87.9 Å². The third-order valence-electron chi connectivity index (χ3n) is 7.83. The maximum absolute atomic E-state index is 7.00. The number of pyridine rings is 2. The number of anilines is 2. The Labute approximate surface area is 240 Å². The van der Waals surface area contributed by atoms with Gasteiger partial charge < -0.3 is 19.7 Å². The van der Waals surface area contributed by atoms with Crippen LogP contribution in [0.1, 0.15) is 49.4 Å². The second-order valence-electron chi connectivity index (χ2n) is 10.9. The van der Waals surface area contributed by atoms with Gasteiger partial charge in [-0.1, -0.05) is 31.5 Å². The summed E-state index contributed by atoms with van der Waals surface area (Å²) in [6.45, 7) is 8.80. The van der Waals surface area contributed by atoms with E-state index < -0.39 is 0 Å². The van der Waals surface area contributed by atoms with Crippen LogP contribution in [-0.2, 0) is 0 Å². The van der Waals surface area contributed by atoms with Crippen LogP contribution in [0.15, 0.2) is 79.3 Å². The molecule has 6 nitrogen and oxygen atoms in total. The Morgan fingerprint density at radius 1 is 0.949 bits per heavy atom. The highest BCUT2D eigenvalue weighted by molar-refractivity contribution is 7.80. The maximum atomic E-state index is 7.00. The molecule has 3 aromatic heterocycles. The molecule has 2 aliphatic heterocycles. The van der Waals surface area contributed by atoms with Crippen molar-refractivity contribution in [3.8, 4) is 5.69 Å². The van der Waals surface area contributed by atoms with Crippen molar-refractivity contribution in [2.24, 2.45) is 11.8 Å². The van der Waals surface area contributed by atoms with Crippen molar-refractivity contribution in [3.63, 3.8) is 0 Å². The van der Waals surface area contributed by atoms with Gasteiger partial charge in [-0.15, -0.1) is 0 Å². The number of benzene rings is 1. The van der Waals surface area contributed by atoms with E-state index in [1.165, 1.54) is 6.42 Å². The number of thiocarbonyl (C=S) groups is 1. The van der Waals surface area contributed by atoms with E-state index in [4.69, 9.17) is 28.8 Å². The predicted molar refractivity (Wildman–Crippen MR) is 163 cm³/mol. The van der Waals surface area contributed by atoms with Crippen LogP contribution in [0.5, 0.6) is 0 Å². The summed E-state index contributed by atoms with van der Waals surface area (Å²) >= 11 is 13.0. The number of nitrogens with zero attached hydrogens (tertiary/aromatic N) is 5. The fraction of sp³-hybridized carbons (Fsp3) is 0.323. The van der Waals surface area contributed by atoms with Crippen LogP contribution >= 0.6 is 23.8 Å². The van der Waals surface area contributed by atoms with Crippen molar-refractivity contribution in [2.75, 3.05) is 22.9 Å². The lowest BCUT2D eigenvalue weighted by molar-refractivity contribution is 0.357. The molecule has 0 unspecified atom stereocenters. The van der Waals surface area contributed by atoms with Crippen LogP contribution in [0.4, 0.5) is 11.4 Å². The topological polar surface area (TPSA) is 49.2 Å². The van der Waals surface area contributed by atoms with Gasteiger partial charge in [-0.3, -0.25) is 9.97 Å². The minimum Gasteiger partial charge on any atom is -0.370 e. The quantitative estimate of drug-likeness (QED) is 0.270. The zero-order chi connectivity index (χ0) is 27.1. The first-order chi connectivity index (χ1) is 18.9. The lowest BCUT2D eigenvalue weighted by atomic mass is 9.91. The molecule has 2 aliphatic rings. The van der Waals surface area contributed by atoms with E-state index in [-0.39, 0.29) is 12.1 Å². The number of hydrogen-bond acceptors (Lipinski definition) is 4. The molecule has 200 valence electrons. The SMILES string of the molecule is Cc1ccc([C@@H]2[C@@H](c3ccccn3)NC(=S)N2c2ccc(N3C[C@H](C)C[C@H](C)C3)c(Cl)c2)n1-c1cccnc1. The Balaban J connectivity index is 1.44. The van der Waals surface area contributed by atoms with E-state index in [1.54, 1.807) is 6.20 Å². The van der Waals surface area contributed by atoms with Crippen molar-refractivity contribution in [1.82, 2.24) is 19.9 Å². The van der Waals surface area contributed by atoms with Crippen LogP contribution in [0.3, 0.4) is 0 Å². The summed E-state index contributed by atoms with van der Waals surface area (Å²) in [5.41, 5.74) is 6.21. The van der Waals surface area contributed by atoms with E-state index in [0.29, 0.717) is 16.9 Å². The van der Waals surface area contributed by atoms with Crippen molar-refractivity contribution in [3.05, 3.63) is 101 Å². The van der Waals surface area contributed by atoms with Crippen molar-refractivity contribution in [1.29, 1.82) is 0 Å². The molecule has 4 aromatic rings. The van der Waals surface area contributed by atoms with Crippen LogP contribution < -0.4 is 15.1 Å². The van der Waals surface area contributed by atoms with E-state index in [0.717, 1.165) is 52.3 Å². The average Bonchev–Trinajstić information content (AvgIpc) is 3.48. The Kier molecular flexibility index (Phi) is 7.04. The van der Waals surface area contributed by atoms with Gasteiger partial charge in [0.25, 0.3) is 0 Å². The lowest BCUT2D eigenvalue weighted by Crippen LogP contribution is -2.38. The summed E-state index contributed by atoms with van der Waals surface area (Å²) in [7, 11) is 0. The van der Waals surface area contributed by atoms with Gasteiger partial charge in [0.15, 0.2) is 5.11 Å². The summed E-state index contributed by atoms with van der Waals surface area (Å²) in [4.78, 5) is 13.7. The minimum atomic E-state index is -0.154. The van der Waals surface area contributed by atoms with Crippen LogP contribution in [-0.4, -0.2) is 32.7 Å². The number of halogens is 1. The van der Waals surface area contributed by atoms with Gasteiger partial charge in [0, 0.05) is 42.6 Å². The Morgan fingerprint density at radius 2 is 1.77 bits per heavy atom. The maximum Gasteiger partial charge on any atom is 0.174 e. The van der Waals surface area contributed by atoms with Crippen molar-refractivity contribution in [2.45, 2.75) is 39.3 Å². The highest BCUT2D eigenvalue weighted by atomic mass is 35.5. The lowest BCUT2D eigenvalue weighted by Gasteiger charge is -2.37. The number of aryl methyl sites for hydroxylation is 1. The molecular formula is C31H33ClN6S. The molecule has 0 amide bonds. The summed E-state index contributed by atoms with van der Waals surface area (Å²) in [6, 6.07) is 20.4. The van der Waals surface area contributed by atoms with Gasteiger partial charge in [0.05, 0.1) is 34.3 Å². The zero-order valence-electron chi connectivity index (χ0n) is 22.5. The molecule has 5 heterocycles. The normalized spacial score (nSPS) is 23.2. The first-order valence-corrected chi connectivity index (χ1v) is 14.3. The van der Waals surface area contributed by atoms with Gasteiger partial charge in [-0.2, -0.15) is 0 Å². The van der Waals surface area contributed by atoms with Gasteiger partial charge in [0.1, 0.15) is 6.04 Å². The molecule has 0 saturated carbocycles. The standard InChI is InChI=1S/C31H33ClN6S/c1-20-15-21(2)19-36(18-20)27-12-10-23(16-25(27)32)38-30(29(35-31(38)39)26-8-4-5-14-34-26)28-11-9-22(3)37(28)24-7-6-13-33-17-24/h4-14,16-17,20-21,29-30H,15,18-19H2,1-3H3,(H,35,39)/t20-,21+,29-,30-/m1/s1. The highest BCUT2D eigenvalue weighted by Crippen LogP contribution is 2.44. The van der Waals surface area contributed by atoms with E-state index >= 15 is 0 Å². The zero-order valence-corrected chi connectivity index (χ0v) is 24.0. The summed E-state index contributed by atoms with van der Waals surface area (Å²) in [5, 5.41) is 4.97. The molecule has 1 N–H and O–H groups in total. The largest absolute Gasteiger partial charge is 0.370 e. The molecule has 0 radical (unpaired) electrons. The molecule has 0 spiro atoms. The first kappa shape index (κ1) is 25.8. The Bertz CT molecular complexity index is 1460.